The van der Waals surface area contributed by atoms with E-state index in [1.807, 2.05) is 0 Å². The van der Waals surface area contributed by atoms with E-state index in [0.29, 0.717) is 0 Å². The van der Waals surface area contributed by atoms with Gasteiger partial charge in [0.15, 0.2) is 0 Å². The van der Waals surface area contributed by atoms with Crippen molar-refractivity contribution in [2.24, 2.45) is 0 Å². The molecule has 1 aliphatic carbocycles. The molecule has 0 atom stereocenters. The maximum Gasteiger partial charge on any atom is 0.0210 e. The van der Waals surface area contributed by atoms with Crippen LogP contribution in [0, 0.1) is 0 Å². The van der Waals surface area contributed by atoms with Gasteiger partial charge in [0.1, 0.15) is 0 Å². The maximum atomic E-state index is 2.50. The highest BCUT2D eigenvalue weighted by molar-refractivity contribution is 5.86. The van der Waals surface area contributed by atoms with Crippen molar-refractivity contribution in [1.82, 2.24) is 0 Å². The van der Waals surface area contributed by atoms with Gasteiger partial charge in [-0.1, -0.05) is 126 Å². The molecular weight excluding hydrogens is 468 g/mol. The van der Waals surface area contributed by atoms with E-state index in [-0.39, 0.29) is 5.41 Å². The number of unbranched alkanes of at least 4 members (excludes halogenated alkanes) is 4. The minimum absolute atomic E-state index is 0.0663. The van der Waals surface area contributed by atoms with Gasteiger partial charge >= 0.3 is 0 Å². The molecule has 202 valence electrons. The molecule has 0 heteroatoms. The van der Waals surface area contributed by atoms with Gasteiger partial charge in [-0.25, -0.2) is 0 Å². The largest absolute Gasteiger partial charge is 0.0654 e. The van der Waals surface area contributed by atoms with Crippen molar-refractivity contribution in [3.8, 4) is 33.4 Å². The zero-order chi connectivity index (χ0) is 27.2. The first-order chi connectivity index (χ1) is 19.1. The first-order valence-electron chi connectivity index (χ1n) is 15.6. The zero-order valence-corrected chi connectivity index (χ0v) is 24.7. The van der Waals surface area contributed by atoms with Crippen LogP contribution >= 0.6 is 0 Å². The predicted molar refractivity (Wildman–Crippen MR) is 171 cm³/mol. The molecule has 0 aliphatic heterocycles. The highest BCUT2D eigenvalue weighted by atomic mass is 14.4. The maximum absolute atomic E-state index is 2.50. The number of aryl methyl sites for hydroxylation is 2. The van der Waals surface area contributed by atoms with E-state index >= 15 is 0 Å². The van der Waals surface area contributed by atoms with Gasteiger partial charge in [0, 0.05) is 5.41 Å². The van der Waals surface area contributed by atoms with Crippen LogP contribution in [0.25, 0.3) is 33.4 Å². The second-order valence-electron chi connectivity index (χ2n) is 11.6. The van der Waals surface area contributed by atoms with Crippen molar-refractivity contribution >= 4 is 0 Å². The van der Waals surface area contributed by atoms with Crippen molar-refractivity contribution < 1.29 is 0 Å². The van der Waals surface area contributed by atoms with Crippen LogP contribution in [0.5, 0.6) is 0 Å². The minimum Gasteiger partial charge on any atom is -0.0654 e. The predicted octanol–water partition coefficient (Wildman–Crippen LogP) is 11.6. The van der Waals surface area contributed by atoms with Gasteiger partial charge in [-0.05, 0) is 106 Å². The summed E-state index contributed by atoms with van der Waals surface area (Å²) in [6.07, 6.45) is 12.4. The third-order valence-corrected chi connectivity index (χ3v) is 9.28. The lowest BCUT2D eigenvalue weighted by atomic mass is 9.73. The Bertz CT molecular complexity index is 1260. The molecule has 0 radical (unpaired) electrons. The van der Waals surface area contributed by atoms with Crippen LogP contribution in [0.2, 0.25) is 0 Å². The molecule has 5 rings (SSSR count). The van der Waals surface area contributed by atoms with Gasteiger partial charge in [0.2, 0.25) is 0 Å². The van der Waals surface area contributed by atoms with E-state index in [1.165, 1.54) is 107 Å². The third kappa shape index (κ3) is 5.49. The average Bonchev–Trinajstić information content (AvgIpc) is 3.27. The molecule has 0 saturated heterocycles. The van der Waals surface area contributed by atoms with Crippen LogP contribution in [0.15, 0.2) is 84.9 Å². The Kier molecular flexibility index (Phi) is 8.71. The average molecular weight is 515 g/mol. The third-order valence-electron chi connectivity index (χ3n) is 9.28. The Balaban J connectivity index is 1.45. The monoisotopic (exact) mass is 514 g/mol. The molecule has 0 saturated carbocycles. The normalized spacial score (nSPS) is 13.3. The molecule has 0 bridgehead atoms. The smallest absolute Gasteiger partial charge is 0.0210 e. The molecule has 0 N–H and O–H groups in total. The summed E-state index contributed by atoms with van der Waals surface area (Å²) in [6, 6.07) is 33.1. The van der Waals surface area contributed by atoms with Crippen LogP contribution in [0.4, 0.5) is 0 Å². The van der Waals surface area contributed by atoms with Crippen molar-refractivity contribution in [2.45, 2.75) is 97.3 Å². The van der Waals surface area contributed by atoms with Gasteiger partial charge in [-0.15, -0.1) is 0 Å². The summed E-state index contributed by atoms with van der Waals surface area (Å²) in [7, 11) is 0. The number of hydrogen-bond acceptors (Lipinski definition) is 0. The summed E-state index contributed by atoms with van der Waals surface area (Å²) in [5, 5.41) is 0. The van der Waals surface area contributed by atoms with Crippen LogP contribution < -0.4 is 0 Å². The highest BCUT2D eigenvalue weighted by Gasteiger charge is 2.40. The highest BCUT2D eigenvalue weighted by Crippen LogP contribution is 2.54. The standard InChI is InChI=1S/C39H46/c1-5-9-11-13-29-15-19-31(20-16-29)33-23-25-35-36-26-24-34(28-38(36)39(7-3,8-4)37(35)27-33)32-21-17-30(18-22-32)14-12-10-6-2/h15-28H,5-14H2,1-4H3. The molecule has 0 heterocycles. The summed E-state index contributed by atoms with van der Waals surface area (Å²) >= 11 is 0. The van der Waals surface area contributed by atoms with Crippen LogP contribution in [0.1, 0.15) is 101 Å². The van der Waals surface area contributed by atoms with E-state index in [4.69, 9.17) is 0 Å². The van der Waals surface area contributed by atoms with Gasteiger partial charge in [-0.3, -0.25) is 0 Å². The second kappa shape index (κ2) is 12.4. The lowest BCUT2D eigenvalue weighted by Gasteiger charge is -2.30. The number of benzene rings is 4. The fourth-order valence-electron chi connectivity index (χ4n) is 6.75. The van der Waals surface area contributed by atoms with Crippen LogP contribution in [-0.2, 0) is 18.3 Å². The number of fused-ring (bicyclic) bond motifs is 3. The first-order valence-corrected chi connectivity index (χ1v) is 15.6. The van der Waals surface area contributed by atoms with Crippen molar-refractivity contribution in [1.29, 1.82) is 0 Å². The molecule has 4 aromatic carbocycles. The fourth-order valence-corrected chi connectivity index (χ4v) is 6.75. The Morgan fingerprint density at radius 3 is 1.18 bits per heavy atom. The van der Waals surface area contributed by atoms with Crippen molar-refractivity contribution in [3.63, 3.8) is 0 Å². The molecule has 0 unspecified atom stereocenters. The molecule has 0 fully saturated rings. The van der Waals surface area contributed by atoms with E-state index in [1.54, 1.807) is 0 Å². The molecule has 4 aromatic rings. The lowest BCUT2D eigenvalue weighted by Crippen LogP contribution is -2.23. The number of rotatable bonds is 12. The zero-order valence-electron chi connectivity index (χ0n) is 24.7. The van der Waals surface area contributed by atoms with Crippen LogP contribution in [0.3, 0.4) is 0 Å². The summed E-state index contributed by atoms with van der Waals surface area (Å²) in [5.41, 5.74) is 14.2. The second-order valence-corrected chi connectivity index (χ2v) is 11.6. The minimum atomic E-state index is 0.0663. The Morgan fingerprint density at radius 2 is 0.821 bits per heavy atom. The van der Waals surface area contributed by atoms with Gasteiger partial charge < -0.3 is 0 Å². The first kappa shape index (κ1) is 27.4. The molecule has 1 aliphatic rings. The molecule has 0 spiro atoms. The summed E-state index contributed by atoms with van der Waals surface area (Å²) in [5.74, 6) is 0. The molecule has 0 amide bonds. The molecular formula is C39H46. The molecule has 0 aromatic heterocycles. The molecule has 39 heavy (non-hydrogen) atoms. The van der Waals surface area contributed by atoms with Gasteiger partial charge in [-0.2, -0.15) is 0 Å². The van der Waals surface area contributed by atoms with Crippen molar-refractivity contribution in [2.75, 3.05) is 0 Å². The quantitative estimate of drug-likeness (QED) is 0.165. The van der Waals surface area contributed by atoms with E-state index < -0.39 is 0 Å². The lowest BCUT2D eigenvalue weighted by molar-refractivity contribution is 0.491. The van der Waals surface area contributed by atoms with E-state index in [2.05, 4.69) is 113 Å². The van der Waals surface area contributed by atoms with Gasteiger partial charge in [0.05, 0.1) is 0 Å². The fraction of sp³-hybridized carbons (Fsp3) is 0.385. The van der Waals surface area contributed by atoms with E-state index in [9.17, 15) is 0 Å². The summed E-state index contributed by atoms with van der Waals surface area (Å²) < 4.78 is 0. The van der Waals surface area contributed by atoms with Gasteiger partial charge in [0.25, 0.3) is 0 Å². The summed E-state index contributed by atoms with van der Waals surface area (Å²) in [4.78, 5) is 0. The molecule has 0 nitrogen and oxygen atoms in total. The topological polar surface area (TPSA) is 0 Å². The Hall–Kier alpha value is -3.12. The van der Waals surface area contributed by atoms with Crippen molar-refractivity contribution in [3.05, 3.63) is 107 Å². The Morgan fingerprint density at radius 1 is 0.436 bits per heavy atom. The SMILES string of the molecule is CCCCCc1ccc(-c2ccc3c(c2)C(CC)(CC)c2cc(-c4ccc(CCCCC)cc4)ccc2-3)cc1. The Labute approximate surface area is 237 Å². The van der Waals surface area contributed by atoms with E-state index in [0.717, 1.165) is 12.8 Å². The summed E-state index contributed by atoms with van der Waals surface area (Å²) in [6.45, 7) is 9.29. The number of hydrogen-bond donors (Lipinski definition) is 0. The van der Waals surface area contributed by atoms with Crippen LogP contribution in [-0.4, -0.2) is 0 Å².